The maximum Gasteiger partial charge on any atom is -0.0106 e. The molecule has 0 bridgehead atoms. The Morgan fingerprint density at radius 2 is 1.94 bits per heavy atom. The van der Waals surface area contributed by atoms with Crippen LogP contribution in [0.2, 0.25) is 0 Å². The fourth-order valence-electron chi connectivity index (χ4n) is 3.14. The van der Waals surface area contributed by atoms with Crippen LogP contribution in [-0.4, -0.2) is 0 Å². The molecule has 0 N–H and O–H groups in total. The molecular formula is C18H20. The molecule has 0 nitrogen and oxygen atoms in total. The third-order valence-corrected chi connectivity index (χ3v) is 4.12. The Balaban J connectivity index is 2.11. The van der Waals surface area contributed by atoms with Crippen molar-refractivity contribution in [3.63, 3.8) is 0 Å². The minimum absolute atomic E-state index is 1.15. The highest BCUT2D eigenvalue weighted by Crippen LogP contribution is 2.44. The highest BCUT2D eigenvalue weighted by molar-refractivity contribution is 5.91. The molecule has 2 aliphatic carbocycles. The van der Waals surface area contributed by atoms with Gasteiger partial charge in [-0.25, -0.2) is 0 Å². The van der Waals surface area contributed by atoms with Crippen LogP contribution in [0.25, 0.3) is 5.57 Å². The van der Waals surface area contributed by atoms with Gasteiger partial charge in [-0.2, -0.15) is 0 Å². The number of aryl methyl sites for hydroxylation is 1. The third kappa shape index (κ3) is 1.77. The molecule has 0 amide bonds. The molecule has 3 rings (SSSR count). The summed E-state index contributed by atoms with van der Waals surface area (Å²) in [6.45, 7) is 4.48. The van der Waals surface area contributed by atoms with Gasteiger partial charge in [-0.1, -0.05) is 43.3 Å². The summed E-state index contributed by atoms with van der Waals surface area (Å²) >= 11 is 0. The van der Waals surface area contributed by atoms with E-state index in [1.807, 2.05) is 0 Å². The molecule has 0 heteroatoms. The highest BCUT2D eigenvalue weighted by Gasteiger charge is 2.24. The summed E-state index contributed by atoms with van der Waals surface area (Å²) in [5.41, 5.74) is 8.94. The maximum absolute atomic E-state index is 2.44. The first-order valence-corrected chi connectivity index (χ1v) is 7.02. The predicted octanol–water partition coefficient (Wildman–Crippen LogP) is 5.21. The number of hydrogen-bond donors (Lipinski definition) is 0. The molecule has 0 heterocycles. The second-order valence-corrected chi connectivity index (χ2v) is 5.24. The van der Waals surface area contributed by atoms with Gasteiger partial charge in [-0.05, 0) is 66.0 Å². The van der Waals surface area contributed by atoms with E-state index in [0.29, 0.717) is 0 Å². The molecule has 0 radical (unpaired) electrons. The van der Waals surface area contributed by atoms with Crippen LogP contribution in [0, 0.1) is 6.92 Å². The quantitative estimate of drug-likeness (QED) is 0.661. The fourth-order valence-corrected chi connectivity index (χ4v) is 3.14. The summed E-state index contributed by atoms with van der Waals surface area (Å²) in [6.07, 6.45) is 9.84. The van der Waals surface area contributed by atoms with E-state index in [4.69, 9.17) is 0 Å². The van der Waals surface area contributed by atoms with Gasteiger partial charge >= 0.3 is 0 Å². The zero-order chi connectivity index (χ0) is 12.5. The van der Waals surface area contributed by atoms with E-state index in [0.717, 1.165) is 6.42 Å². The Morgan fingerprint density at radius 3 is 2.72 bits per heavy atom. The van der Waals surface area contributed by atoms with Gasteiger partial charge in [0.1, 0.15) is 0 Å². The Hall–Kier alpha value is -1.56. The van der Waals surface area contributed by atoms with Crippen molar-refractivity contribution >= 4 is 5.57 Å². The van der Waals surface area contributed by atoms with E-state index in [-0.39, 0.29) is 0 Å². The monoisotopic (exact) mass is 236 g/mol. The molecule has 92 valence electrons. The summed E-state index contributed by atoms with van der Waals surface area (Å²) in [7, 11) is 0. The minimum Gasteiger partial charge on any atom is -0.0763 e. The fraction of sp³-hybridized carbons (Fsp3) is 0.333. The zero-order valence-corrected chi connectivity index (χ0v) is 11.3. The molecular weight excluding hydrogens is 216 g/mol. The molecule has 0 fully saturated rings. The SMILES string of the molecule is CCC1=C2CCCC=C2C(c2ccccc2C)=C1. The largest absolute Gasteiger partial charge is 0.0763 e. The van der Waals surface area contributed by atoms with E-state index >= 15 is 0 Å². The van der Waals surface area contributed by atoms with Gasteiger partial charge in [-0.3, -0.25) is 0 Å². The lowest BCUT2D eigenvalue weighted by Crippen LogP contribution is -1.98. The van der Waals surface area contributed by atoms with Crippen LogP contribution in [-0.2, 0) is 0 Å². The van der Waals surface area contributed by atoms with Crippen molar-refractivity contribution in [2.75, 3.05) is 0 Å². The molecule has 0 aliphatic heterocycles. The Bertz CT molecular complexity index is 567. The lowest BCUT2D eigenvalue weighted by Gasteiger charge is -2.17. The molecule has 18 heavy (non-hydrogen) atoms. The number of fused-ring (bicyclic) bond motifs is 1. The molecule has 0 aromatic heterocycles. The van der Waals surface area contributed by atoms with Crippen molar-refractivity contribution in [2.45, 2.75) is 39.5 Å². The van der Waals surface area contributed by atoms with Crippen LogP contribution < -0.4 is 0 Å². The van der Waals surface area contributed by atoms with Crippen LogP contribution in [0.4, 0.5) is 0 Å². The summed E-state index contributed by atoms with van der Waals surface area (Å²) in [5, 5.41) is 0. The molecule has 0 atom stereocenters. The molecule has 1 aromatic rings. The molecule has 0 spiro atoms. The van der Waals surface area contributed by atoms with Crippen molar-refractivity contribution in [2.24, 2.45) is 0 Å². The maximum atomic E-state index is 2.44. The number of allylic oxidation sites excluding steroid dienone is 6. The first-order chi connectivity index (χ1) is 8.81. The van der Waals surface area contributed by atoms with E-state index in [9.17, 15) is 0 Å². The third-order valence-electron chi connectivity index (χ3n) is 4.12. The normalized spacial score (nSPS) is 18.6. The summed E-state index contributed by atoms with van der Waals surface area (Å²) in [6, 6.07) is 8.74. The predicted molar refractivity (Wildman–Crippen MR) is 78.4 cm³/mol. The number of benzene rings is 1. The standard InChI is InChI=1S/C18H20/c1-3-14-12-18(15-9-5-4-8-13(15)2)17-11-7-6-10-16(14)17/h4-5,8-9,11-12H,3,6-7,10H2,1-2H3. The molecule has 0 saturated heterocycles. The van der Waals surface area contributed by atoms with Crippen LogP contribution in [0.1, 0.15) is 43.7 Å². The highest BCUT2D eigenvalue weighted by atomic mass is 14.3. The van der Waals surface area contributed by atoms with Crippen LogP contribution >= 0.6 is 0 Å². The second-order valence-electron chi connectivity index (χ2n) is 5.24. The summed E-state index contributed by atoms with van der Waals surface area (Å²) in [4.78, 5) is 0. The first-order valence-electron chi connectivity index (χ1n) is 7.02. The molecule has 0 saturated carbocycles. The topological polar surface area (TPSA) is 0 Å². The lowest BCUT2D eigenvalue weighted by molar-refractivity contribution is 0.804. The zero-order valence-electron chi connectivity index (χ0n) is 11.3. The first kappa shape index (κ1) is 11.5. The van der Waals surface area contributed by atoms with Crippen molar-refractivity contribution < 1.29 is 0 Å². The smallest absolute Gasteiger partial charge is 0.0106 e. The van der Waals surface area contributed by atoms with Gasteiger partial charge in [0, 0.05) is 0 Å². The van der Waals surface area contributed by atoms with Gasteiger partial charge in [0.2, 0.25) is 0 Å². The van der Waals surface area contributed by atoms with E-state index < -0.39 is 0 Å². The van der Waals surface area contributed by atoms with Gasteiger partial charge in [-0.15, -0.1) is 0 Å². The second kappa shape index (κ2) is 4.61. The van der Waals surface area contributed by atoms with Crippen molar-refractivity contribution in [1.29, 1.82) is 0 Å². The van der Waals surface area contributed by atoms with Gasteiger partial charge in [0.15, 0.2) is 0 Å². The van der Waals surface area contributed by atoms with E-state index in [2.05, 4.69) is 50.3 Å². The van der Waals surface area contributed by atoms with Crippen LogP contribution in [0.5, 0.6) is 0 Å². The van der Waals surface area contributed by atoms with Crippen molar-refractivity contribution in [3.05, 3.63) is 64.3 Å². The number of hydrogen-bond acceptors (Lipinski definition) is 0. The summed E-state index contributed by atoms with van der Waals surface area (Å²) in [5.74, 6) is 0. The van der Waals surface area contributed by atoms with Crippen molar-refractivity contribution in [3.8, 4) is 0 Å². The lowest BCUT2D eigenvalue weighted by atomic mass is 9.87. The van der Waals surface area contributed by atoms with Crippen molar-refractivity contribution in [1.82, 2.24) is 0 Å². The van der Waals surface area contributed by atoms with Gasteiger partial charge in [0.25, 0.3) is 0 Å². The average Bonchev–Trinajstić information content (AvgIpc) is 2.78. The van der Waals surface area contributed by atoms with E-state index in [1.165, 1.54) is 41.5 Å². The molecule has 2 aliphatic rings. The Labute approximate surface area is 110 Å². The number of rotatable bonds is 2. The molecule has 0 unspecified atom stereocenters. The Kier molecular flexibility index (Phi) is 2.95. The average molecular weight is 236 g/mol. The Morgan fingerprint density at radius 1 is 1.11 bits per heavy atom. The van der Waals surface area contributed by atoms with Crippen LogP contribution in [0.3, 0.4) is 0 Å². The minimum atomic E-state index is 1.15. The van der Waals surface area contributed by atoms with E-state index in [1.54, 1.807) is 11.1 Å². The summed E-state index contributed by atoms with van der Waals surface area (Å²) < 4.78 is 0. The molecule has 1 aromatic carbocycles. The van der Waals surface area contributed by atoms with Gasteiger partial charge in [0.05, 0.1) is 0 Å². The van der Waals surface area contributed by atoms with Crippen LogP contribution in [0.15, 0.2) is 53.1 Å². The van der Waals surface area contributed by atoms with Gasteiger partial charge < -0.3 is 0 Å².